The number of aryl methyl sites for hydroxylation is 4. The summed E-state index contributed by atoms with van der Waals surface area (Å²) in [6.45, 7) is 42.0. The largest absolute Gasteiger partial charge is 0.496 e. The summed E-state index contributed by atoms with van der Waals surface area (Å²) in [5, 5.41) is 0. The number of allylic oxidation sites excluding steroid dienone is 7. The summed E-state index contributed by atoms with van der Waals surface area (Å²) in [6, 6.07) is 22.6. The number of hydrogen-bond donors (Lipinski definition) is 0. The van der Waals surface area contributed by atoms with Crippen LogP contribution in [0.1, 0.15) is 158 Å². The molecule has 3 fully saturated rings. The lowest BCUT2D eigenvalue weighted by Crippen LogP contribution is -2.46. The third-order valence-electron chi connectivity index (χ3n) is 16.7. The molecular weight excluding hydrogens is 765 g/mol. The molecule has 8 atom stereocenters. The molecule has 8 rings (SSSR count). The molecule has 3 aromatic rings. The number of methoxy groups -OCH3 is 1. The highest BCUT2D eigenvalue weighted by Crippen LogP contribution is 2.70. The number of ether oxygens (including phenoxy) is 1. The zero-order valence-corrected chi connectivity index (χ0v) is 43.3. The molecule has 1 nitrogen and oxygen atoms in total. The fourth-order valence-corrected chi connectivity index (χ4v) is 20.9. The molecule has 0 heterocycles. The van der Waals surface area contributed by atoms with E-state index in [-0.39, 0.29) is 16.2 Å². The molecule has 0 aromatic heterocycles. The Morgan fingerprint density at radius 2 is 0.984 bits per heavy atom. The smallest absolute Gasteiger partial charge is 0.126 e. The molecule has 0 spiro atoms. The monoisotopic (exact) mass is 847 g/mol. The first kappa shape index (κ1) is 45.2. The van der Waals surface area contributed by atoms with Gasteiger partial charge in [-0.3, -0.25) is 0 Å². The summed E-state index contributed by atoms with van der Waals surface area (Å²) in [5.74, 6) is 4.48. The quantitative estimate of drug-likeness (QED) is 0.225. The van der Waals surface area contributed by atoms with Crippen LogP contribution in [0.3, 0.4) is 0 Å². The third-order valence-corrected chi connectivity index (χ3v) is 22.1. The van der Waals surface area contributed by atoms with Crippen LogP contribution >= 0.6 is 0 Å². The summed E-state index contributed by atoms with van der Waals surface area (Å²) < 4.78 is 6.70. The number of benzene rings is 3. The van der Waals surface area contributed by atoms with Crippen molar-refractivity contribution >= 4 is 24.8 Å². The first-order valence-corrected chi connectivity index (χ1v) is 27.8. The van der Waals surface area contributed by atoms with Crippen molar-refractivity contribution in [3.05, 3.63) is 133 Å². The lowest BCUT2D eigenvalue weighted by Gasteiger charge is -2.48. The lowest BCUT2D eigenvalue weighted by molar-refractivity contribution is 0.274. The van der Waals surface area contributed by atoms with Crippen LogP contribution in [0, 0.1) is 68.6 Å². The van der Waals surface area contributed by atoms with E-state index in [1.807, 2.05) is 7.11 Å². The van der Waals surface area contributed by atoms with Gasteiger partial charge >= 0.3 is 0 Å². The summed E-state index contributed by atoms with van der Waals surface area (Å²) in [6.07, 6.45) is 9.05. The molecule has 2 heteroatoms. The van der Waals surface area contributed by atoms with Gasteiger partial charge in [0.05, 0.1) is 15.2 Å². The minimum absolute atomic E-state index is 0.0433. The Balaban J connectivity index is 1.32. The molecule has 0 bridgehead atoms. The van der Waals surface area contributed by atoms with Crippen LogP contribution in [0.15, 0.2) is 83.2 Å². The predicted octanol–water partition coefficient (Wildman–Crippen LogP) is 17.0. The van der Waals surface area contributed by atoms with E-state index in [4.69, 9.17) is 4.74 Å². The number of fused-ring (bicyclic) bond motifs is 3. The van der Waals surface area contributed by atoms with Gasteiger partial charge in [-0.25, -0.2) is 0 Å². The van der Waals surface area contributed by atoms with Crippen molar-refractivity contribution in [3.63, 3.8) is 0 Å². The van der Waals surface area contributed by atoms with Crippen molar-refractivity contribution in [3.8, 4) is 0 Å². The van der Waals surface area contributed by atoms with Gasteiger partial charge in [-0.05, 0) is 178 Å². The second kappa shape index (κ2) is 15.7. The topological polar surface area (TPSA) is 9.23 Å². The molecule has 0 saturated heterocycles. The van der Waals surface area contributed by atoms with Gasteiger partial charge in [0.1, 0.15) is 5.76 Å². The maximum absolute atomic E-state index is 6.70. The molecule has 0 N–H and O–H groups in total. The highest BCUT2D eigenvalue weighted by molar-refractivity contribution is 6.80. The summed E-state index contributed by atoms with van der Waals surface area (Å²) in [7, 11) is -0.126. The fraction of sp³-hybridized carbons (Fsp3) is 0.567. The molecule has 332 valence electrons. The van der Waals surface area contributed by atoms with Crippen molar-refractivity contribution in [2.75, 3.05) is 7.11 Å². The Bertz CT molecular complexity index is 2330. The Morgan fingerprint density at radius 1 is 0.532 bits per heavy atom. The van der Waals surface area contributed by atoms with Gasteiger partial charge in [-0.2, -0.15) is 0 Å². The fourth-order valence-electron chi connectivity index (χ4n) is 14.7. The SMILES string of the molecule is COC1=C(c2cc(C(C)(C)C)cc(C(C)(C)C)c2)C2CC(C)C([Si](C)(C)C3C(C)CC4C(c5cc(C)cc(C)c5)=C5CCCC5=C(c5cc(C)cc(C)c5)C43)C2C=C1C(C)(C)C. The molecule has 0 aliphatic heterocycles. The molecule has 5 aliphatic rings. The number of hydrogen-bond acceptors (Lipinski definition) is 1. The molecule has 5 aliphatic carbocycles. The highest BCUT2D eigenvalue weighted by Gasteiger charge is 2.61. The van der Waals surface area contributed by atoms with Crippen LogP contribution in [0.4, 0.5) is 0 Å². The summed E-state index contributed by atoms with van der Waals surface area (Å²) >= 11 is 0. The molecule has 3 aromatic carbocycles. The van der Waals surface area contributed by atoms with Crippen molar-refractivity contribution in [1.29, 1.82) is 0 Å². The van der Waals surface area contributed by atoms with Crippen molar-refractivity contribution < 1.29 is 4.74 Å². The minimum Gasteiger partial charge on any atom is -0.496 e. The van der Waals surface area contributed by atoms with Gasteiger partial charge in [-0.1, -0.05) is 172 Å². The van der Waals surface area contributed by atoms with Crippen molar-refractivity contribution in [2.24, 2.45) is 40.9 Å². The van der Waals surface area contributed by atoms with Crippen LogP contribution in [0.5, 0.6) is 0 Å². The van der Waals surface area contributed by atoms with Gasteiger partial charge in [0.25, 0.3) is 0 Å². The molecule has 0 radical (unpaired) electrons. The van der Waals surface area contributed by atoms with Crippen LogP contribution < -0.4 is 0 Å². The van der Waals surface area contributed by atoms with Crippen LogP contribution in [-0.2, 0) is 15.6 Å². The van der Waals surface area contributed by atoms with E-state index >= 15 is 0 Å². The van der Waals surface area contributed by atoms with Gasteiger partial charge < -0.3 is 4.74 Å². The lowest BCUT2D eigenvalue weighted by atomic mass is 9.69. The molecule has 8 unspecified atom stereocenters. The van der Waals surface area contributed by atoms with Crippen molar-refractivity contribution in [2.45, 2.75) is 171 Å². The molecule has 3 saturated carbocycles. The van der Waals surface area contributed by atoms with E-state index in [1.165, 1.54) is 93.3 Å². The Hall–Kier alpha value is -3.36. The van der Waals surface area contributed by atoms with Gasteiger partial charge in [0, 0.05) is 5.57 Å². The van der Waals surface area contributed by atoms with E-state index in [1.54, 1.807) is 22.3 Å². The van der Waals surface area contributed by atoms with Gasteiger partial charge in [0.15, 0.2) is 0 Å². The van der Waals surface area contributed by atoms with Crippen molar-refractivity contribution in [1.82, 2.24) is 0 Å². The second-order valence-electron chi connectivity index (χ2n) is 25.1. The predicted molar refractivity (Wildman–Crippen MR) is 271 cm³/mol. The average Bonchev–Trinajstić information content (AvgIpc) is 3.85. The number of rotatable bonds is 6. The standard InChI is InChI=1S/C60H82OSi/c1-34-22-35(2)25-40(24-34)51-45-20-19-21-46(45)52(41-26-36(3)23-37(4)27-41)54-49(51)29-39(6)57(54)62(17,18)56-38(5)28-47-48(56)33-50(60(13,14)15)55(61-16)53(47)42-30-43(58(7,8)9)32-44(31-42)59(10,11)12/h22-27,30-33,38-39,47-49,54,56-57H,19-21,28-29H2,1-18H3. The first-order chi connectivity index (χ1) is 28.8. The highest BCUT2D eigenvalue weighted by atomic mass is 28.3. The average molecular weight is 847 g/mol. The van der Waals surface area contributed by atoms with E-state index < -0.39 is 8.07 Å². The van der Waals surface area contributed by atoms with Crippen LogP contribution in [0.2, 0.25) is 24.2 Å². The Labute approximate surface area is 380 Å². The maximum atomic E-state index is 6.70. The third kappa shape index (κ3) is 7.73. The zero-order valence-electron chi connectivity index (χ0n) is 42.3. The van der Waals surface area contributed by atoms with Crippen LogP contribution in [0.25, 0.3) is 16.7 Å². The normalized spacial score (nSPS) is 28.1. The first-order valence-electron chi connectivity index (χ1n) is 24.6. The van der Waals surface area contributed by atoms with Crippen LogP contribution in [-0.4, -0.2) is 15.2 Å². The van der Waals surface area contributed by atoms with E-state index in [9.17, 15) is 0 Å². The minimum atomic E-state index is -2.08. The van der Waals surface area contributed by atoms with E-state index in [0.29, 0.717) is 46.6 Å². The zero-order chi connectivity index (χ0) is 45.2. The summed E-state index contributed by atoms with van der Waals surface area (Å²) in [5.41, 5.74) is 24.1. The molecule has 0 amide bonds. The van der Waals surface area contributed by atoms with Gasteiger partial charge in [0.2, 0.25) is 0 Å². The Morgan fingerprint density at radius 3 is 1.47 bits per heavy atom. The van der Waals surface area contributed by atoms with E-state index in [0.717, 1.165) is 5.76 Å². The second-order valence-corrected chi connectivity index (χ2v) is 30.1. The van der Waals surface area contributed by atoms with E-state index in [2.05, 4.69) is 178 Å². The molecule has 62 heavy (non-hydrogen) atoms. The molecular formula is C60H82OSi. The summed E-state index contributed by atoms with van der Waals surface area (Å²) in [4.78, 5) is 0. The maximum Gasteiger partial charge on any atom is 0.126 e. The Kier molecular flexibility index (Phi) is 11.4. The van der Waals surface area contributed by atoms with Gasteiger partial charge in [-0.15, -0.1) is 0 Å².